The first-order chi connectivity index (χ1) is 19.0. The highest BCUT2D eigenvalue weighted by Crippen LogP contribution is 2.38. The number of amides is 1. The highest BCUT2D eigenvalue weighted by molar-refractivity contribution is 7.45. The summed E-state index contributed by atoms with van der Waals surface area (Å²) < 4.78 is 22.9. The van der Waals surface area contributed by atoms with Gasteiger partial charge in [-0.05, 0) is 38.5 Å². The van der Waals surface area contributed by atoms with E-state index in [-0.39, 0.29) is 12.5 Å². The predicted molar refractivity (Wildman–Crippen MR) is 164 cm³/mol. The van der Waals surface area contributed by atoms with E-state index in [4.69, 9.17) is 9.05 Å². The highest BCUT2D eigenvalue weighted by atomic mass is 31.2. The molecular formula is C31H61N2O6P. The number of phosphoric acid groups is 1. The van der Waals surface area contributed by atoms with Gasteiger partial charge >= 0.3 is 0 Å². The standard InChI is InChI=1S/C31H61N2O6P/c1-6-8-10-12-14-16-18-20-22-24-30(34)29(28-39-40(36,37)38-27-26-33(3,4)5)32-31(35)25-23-21-19-17-15-13-11-9-7-2/h17,19,22,24,29-30,34H,6-16,18,20-21,23,25-28H2,1-5H3,(H-,32,35,36,37)/b19-17-,24-22+. The van der Waals surface area contributed by atoms with E-state index in [2.05, 4.69) is 31.3 Å². The number of carbonyl (C=O) groups excluding carboxylic acids is 1. The van der Waals surface area contributed by atoms with Gasteiger partial charge in [0.05, 0.1) is 39.9 Å². The molecule has 0 aromatic carbocycles. The van der Waals surface area contributed by atoms with E-state index in [0.717, 1.165) is 32.1 Å². The minimum Gasteiger partial charge on any atom is -0.756 e. The Hall–Kier alpha value is -1.02. The van der Waals surface area contributed by atoms with Crippen LogP contribution in [0.3, 0.4) is 0 Å². The fraction of sp³-hybridized carbons (Fsp3) is 0.839. The zero-order valence-electron chi connectivity index (χ0n) is 26.3. The molecule has 40 heavy (non-hydrogen) atoms. The van der Waals surface area contributed by atoms with Crippen LogP contribution in [0, 0.1) is 0 Å². The molecule has 0 fully saturated rings. The molecule has 0 aliphatic carbocycles. The minimum absolute atomic E-state index is 0.00563. The van der Waals surface area contributed by atoms with Gasteiger partial charge in [0.2, 0.25) is 5.91 Å². The summed E-state index contributed by atoms with van der Waals surface area (Å²) in [5.74, 6) is -0.240. The third-order valence-corrected chi connectivity index (χ3v) is 7.62. The predicted octanol–water partition coefficient (Wildman–Crippen LogP) is 6.43. The number of phosphoric ester groups is 1. The number of aliphatic hydroxyl groups excluding tert-OH is 1. The molecule has 0 saturated carbocycles. The first-order valence-electron chi connectivity index (χ1n) is 15.7. The number of rotatable bonds is 27. The van der Waals surface area contributed by atoms with Gasteiger partial charge in [-0.1, -0.05) is 95.9 Å². The summed E-state index contributed by atoms with van der Waals surface area (Å²) in [6.45, 7) is 4.50. The molecule has 0 aliphatic rings. The second kappa shape index (κ2) is 24.6. The topological polar surface area (TPSA) is 108 Å². The smallest absolute Gasteiger partial charge is 0.268 e. The van der Waals surface area contributed by atoms with Gasteiger partial charge in [-0.25, -0.2) is 0 Å². The van der Waals surface area contributed by atoms with Gasteiger partial charge in [0.1, 0.15) is 13.2 Å². The van der Waals surface area contributed by atoms with Crippen molar-refractivity contribution in [2.75, 3.05) is 40.9 Å². The number of hydrogen-bond acceptors (Lipinski definition) is 6. The summed E-state index contributed by atoms with van der Waals surface area (Å²) >= 11 is 0. The number of likely N-dealkylation sites (N-methyl/N-ethyl adjacent to an activating group) is 1. The van der Waals surface area contributed by atoms with E-state index in [1.165, 1.54) is 57.8 Å². The van der Waals surface area contributed by atoms with Crippen LogP contribution in [0.25, 0.3) is 0 Å². The Morgan fingerprint density at radius 1 is 0.850 bits per heavy atom. The number of quaternary nitrogens is 1. The second-order valence-corrected chi connectivity index (χ2v) is 13.2. The number of nitrogens with zero attached hydrogens (tertiary/aromatic N) is 1. The summed E-state index contributed by atoms with van der Waals surface area (Å²) in [5.41, 5.74) is 0. The van der Waals surface area contributed by atoms with E-state index in [9.17, 15) is 19.4 Å². The van der Waals surface area contributed by atoms with Crippen molar-refractivity contribution >= 4 is 13.7 Å². The van der Waals surface area contributed by atoms with Crippen LogP contribution in [-0.2, 0) is 18.4 Å². The van der Waals surface area contributed by atoms with Crippen LogP contribution in [-0.4, -0.2) is 68.5 Å². The van der Waals surface area contributed by atoms with Gasteiger partial charge in [0, 0.05) is 6.42 Å². The van der Waals surface area contributed by atoms with Gasteiger partial charge in [0.15, 0.2) is 0 Å². The van der Waals surface area contributed by atoms with Crippen LogP contribution in [0.15, 0.2) is 24.3 Å². The molecule has 8 nitrogen and oxygen atoms in total. The quantitative estimate of drug-likeness (QED) is 0.0495. The van der Waals surface area contributed by atoms with Crippen molar-refractivity contribution in [3.05, 3.63) is 24.3 Å². The summed E-state index contributed by atoms with van der Waals surface area (Å²) in [6.07, 6.45) is 23.8. The fourth-order valence-corrected chi connectivity index (χ4v) is 4.76. The number of hydrogen-bond donors (Lipinski definition) is 2. The fourth-order valence-electron chi connectivity index (χ4n) is 4.03. The van der Waals surface area contributed by atoms with Gasteiger partial charge in [-0.2, -0.15) is 0 Å². The molecule has 0 radical (unpaired) electrons. The Morgan fingerprint density at radius 2 is 1.38 bits per heavy atom. The molecule has 0 heterocycles. The monoisotopic (exact) mass is 588 g/mol. The number of allylic oxidation sites excluding steroid dienone is 3. The summed E-state index contributed by atoms with van der Waals surface area (Å²) in [4.78, 5) is 24.9. The van der Waals surface area contributed by atoms with Crippen molar-refractivity contribution in [3.63, 3.8) is 0 Å². The molecule has 0 rings (SSSR count). The minimum atomic E-state index is -4.57. The molecular weight excluding hydrogens is 527 g/mol. The molecule has 3 unspecified atom stereocenters. The third-order valence-electron chi connectivity index (χ3n) is 6.66. The Morgan fingerprint density at radius 3 is 1.98 bits per heavy atom. The Balaban J connectivity index is 4.74. The molecule has 9 heteroatoms. The summed E-state index contributed by atoms with van der Waals surface area (Å²) in [5, 5.41) is 13.5. The summed E-state index contributed by atoms with van der Waals surface area (Å²) in [7, 11) is 1.24. The molecule has 0 spiro atoms. The van der Waals surface area contributed by atoms with E-state index >= 15 is 0 Å². The van der Waals surface area contributed by atoms with Crippen LogP contribution in [0.4, 0.5) is 0 Å². The molecule has 0 aromatic rings. The molecule has 0 aliphatic heterocycles. The van der Waals surface area contributed by atoms with Crippen molar-refractivity contribution in [1.82, 2.24) is 5.32 Å². The number of aliphatic hydroxyl groups is 1. The molecule has 0 aromatic heterocycles. The maximum absolute atomic E-state index is 12.6. The first-order valence-corrected chi connectivity index (χ1v) is 17.2. The average Bonchev–Trinajstić information content (AvgIpc) is 2.88. The van der Waals surface area contributed by atoms with Gasteiger partial charge in [-0.15, -0.1) is 0 Å². The van der Waals surface area contributed by atoms with E-state index in [0.29, 0.717) is 23.9 Å². The second-order valence-electron chi connectivity index (χ2n) is 11.8. The number of carbonyl (C=O) groups is 1. The Labute approximate surface area is 245 Å². The van der Waals surface area contributed by atoms with Crippen LogP contribution >= 0.6 is 7.82 Å². The largest absolute Gasteiger partial charge is 0.756 e. The molecule has 0 bridgehead atoms. The molecule has 3 atom stereocenters. The maximum atomic E-state index is 12.6. The van der Waals surface area contributed by atoms with Gasteiger partial charge in [0.25, 0.3) is 7.82 Å². The molecule has 1 amide bonds. The number of nitrogens with one attached hydrogen (secondary N) is 1. The lowest BCUT2D eigenvalue weighted by molar-refractivity contribution is -0.870. The Bertz CT molecular complexity index is 723. The van der Waals surface area contributed by atoms with Crippen LogP contribution in [0.1, 0.15) is 117 Å². The van der Waals surface area contributed by atoms with Crippen molar-refractivity contribution in [2.45, 2.75) is 129 Å². The van der Waals surface area contributed by atoms with Crippen LogP contribution in [0.5, 0.6) is 0 Å². The van der Waals surface area contributed by atoms with Crippen molar-refractivity contribution < 1.29 is 32.9 Å². The lowest BCUT2D eigenvalue weighted by Gasteiger charge is -2.29. The lowest BCUT2D eigenvalue weighted by Crippen LogP contribution is -2.45. The van der Waals surface area contributed by atoms with Crippen LogP contribution < -0.4 is 10.2 Å². The maximum Gasteiger partial charge on any atom is 0.268 e. The van der Waals surface area contributed by atoms with Crippen LogP contribution in [0.2, 0.25) is 0 Å². The normalized spacial score (nSPS) is 15.5. The van der Waals surface area contributed by atoms with Crippen molar-refractivity contribution in [3.8, 4) is 0 Å². The van der Waals surface area contributed by atoms with Gasteiger partial charge < -0.3 is 28.8 Å². The first kappa shape index (κ1) is 39.0. The third kappa shape index (κ3) is 25.9. The van der Waals surface area contributed by atoms with E-state index in [1.807, 2.05) is 27.2 Å². The highest BCUT2D eigenvalue weighted by Gasteiger charge is 2.23. The van der Waals surface area contributed by atoms with E-state index < -0.39 is 26.6 Å². The Kier molecular flexibility index (Phi) is 23.9. The summed E-state index contributed by atoms with van der Waals surface area (Å²) in [6, 6.07) is -0.892. The zero-order valence-corrected chi connectivity index (χ0v) is 27.2. The number of unbranched alkanes of at least 4 members (excludes halogenated alkanes) is 12. The molecule has 2 N–H and O–H groups in total. The van der Waals surface area contributed by atoms with Gasteiger partial charge in [-0.3, -0.25) is 9.36 Å². The lowest BCUT2D eigenvalue weighted by atomic mass is 10.1. The molecule has 0 saturated heterocycles. The van der Waals surface area contributed by atoms with Crippen molar-refractivity contribution in [1.29, 1.82) is 0 Å². The SMILES string of the molecule is CCCCCC/C=C\CCCC(=O)NC(COP(=O)([O-])OCC[N+](C)(C)C)C(O)/C=C/CCCCCCCCC. The average molecular weight is 589 g/mol. The zero-order chi connectivity index (χ0) is 30.1. The van der Waals surface area contributed by atoms with Crippen molar-refractivity contribution in [2.24, 2.45) is 0 Å². The molecule has 236 valence electrons. The van der Waals surface area contributed by atoms with E-state index in [1.54, 1.807) is 6.08 Å².